The lowest BCUT2D eigenvalue weighted by Gasteiger charge is -2.09. The zero-order chi connectivity index (χ0) is 17.9. The second-order valence-corrected chi connectivity index (χ2v) is 6.23. The average molecular weight is 353 g/mol. The number of imidazole rings is 1. The molecule has 0 aliphatic carbocycles. The normalized spacial score (nSPS) is 12.9. The van der Waals surface area contributed by atoms with Gasteiger partial charge in [-0.3, -0.25) is 14.2 Å². The van der Waals surface area contributed by atoms with Gasteiger partial charge in [0.1, 0.15) is 11.6 Å². The third kappa shape index (κ3) is 3.30. The highest BCUT2D eigenvalue weighted by molar-refractivity contribution is 5.80. The number of carbonyl (C=O) groups is 1. The number of hydrogen-bond acceptors (Lipinski definition) is 5. The second kappa shape index (κ2) is 6.99. The molecule has 1 aliphatic rings. The summed E-state index contributed by atoms with van der Waals surface area (Å²) in [5.41, 5.74) is 1.58. The van der Waals surface area contributed by atoms with Crippen LogP contribution in [0.1, 0.15) is 17.9 Å². The fourth-order valence-corrected chi connectivity index (χ4v) is 3.11. The van der Waals surface area contributed by atoms with Crippen molar-refractivity contribution in [3.8, 4) is 5.75 Å². The predicted octanol–water partition coefficient (Wildman–Crippen LogP) is 0.803. The van der Waals surface area contributed by atoms with E-state index in [1.165, 1.54) is 0 Å². The molecule has 0 spiro atoms. The van der Waals surface area contributed by atoms with Crippen LogP contribution < -0.4 is 15.6 Å². The highest BCUT2D eigenvalue weighted by Gasteiger charge is 2.16. The van der Waals surface area contributed by atoms with Crippen molar-refractivity contribution in [2.45, 2.75) is 25.8 Å². The Morgan fingerprint density at radius 3 is 3.15 bits per heavy atom. The maximum Gasteiger partial charge on any atom is 0.261 e. The summed E-state index contributed by atoms with van der Waals surface area (Å²) in [4.78, 5) is 35.9. The molecule has 0 radical (unpaired) electrons. The van der Waals surface area contributed by atoms with Crippen molar-refractivity contribution in [3.05, 3.63) is 52.6 Å². The molecular weight excluding hydrogens is 334 g/mol. The summed E-state index contributed by atoms with van der Waals surface area (Å²) in [5.74, 6) is 1.11. The van der Waals surface area contributed by atoms with Gasteiger partial charge >= 0.3 is 0 Å². The molecule has 3 heterocycles. The van der Waals surface area contributed by atoms with Crippen molar-refractivity contribution >= 4 is 16.8 Å². The molecule has 2 aromatic heterocycles. The highest BCUT2D eigenvalue weighted by Crippen LogP contribution is 2.19. The molecule has 1 amide bonds. The Morgan fingerprint density at radius 2 is 2.31 bits per heavy atom. The Labute approximate surface area is 149 Å². The highest BCUT2D eigenvalue weighted by atomic mass is 16.5. The van der Waals surface area contributed by atoms with Gasteiger partial charge in [0.05, 0.1) is 17.2 Å². The van der Waals surface area contributed by atoms with Gasteiger partial charge in [-0.2, -0.15) is 0 Å². The molecule has 3 aromatic rings. The maximum absolute atomic E-state index is 12.5. The van der Waals surface area contributed by atoms with Crippen LogP contribution in [-0.2, 0) is 24.2 Å². The second-order valence-electron chi connectivity index (χ2n) is 6.23. The van der Waals surface area contributed by atoms with Gasteiger partial charge < -0.3 is 15.0 Å². The lowest BCUT2D eigenvalue weighted by Crippen LogP contribution is -2.30. The minimum absolute atomic E-state index is 0.0445. The number of carbonyl (C=O) groups excluding carboxylic acids is 1. The summed E-state index contributed by atoms with van der Waals surface area (Å²) in [7, 11) is 0. The molecule has 0 bridgehead atoms. The topological polar surface area (TPSA) is 102 Å². The van der Waals surface area contributed by atoms with Gasteiger partial charge in [-0.25, -0.2) is 9.97 Å². The van der Waals surface area contributed by atoms with Crippen LogP contribution in [0, 0.1) is 0 Å². The maximum atomic E-state index is 12.5. The van der Waals surface area contributed by atoms with Crippen LogP contribution in [0.4, 0.5) is 0 Å². The number of nitrogens with one attached hydrogen (secondary N) is 2. The van der Waals surface area contributed by atoms with Gasteiger partial charge in [0.15, 0.2) is 6.61 Å². The first-order valence-electron chi connectivity index (χ1n) is 8.61. The first-order chi connectivity index (χ1) is 12.7. The van der Waals surface area contributed by atoms with Gasteiger partial charge in [-0.15, -0.1) is 0 Å². The molecule has 0 saturated heterocycles. The summed E-state index contributed by atoms with van der Waals surface area (Å²) in [5, 5.41) is 3.30. The molecule has 2 N–H and O–H groups in total. The number of hydrogen-bond donors (Lipinski definition) is 2. The minimum atomic E-state index is -0.214. The number of benzene rings is 1. The molecule has 4 rings (SSSR count). The summed E-state index contributed by atoms with van der Waals surface area (Å²) in [6.45, 7) is 1.11. The molecule has 0 fully saturated rings. The van der Waals surface area contributed by atoms with E-state index in [-0.39, 0.29) is 18.1 Å². The zero-order valence-electron chi connectivity index (χ0n) is 14.2. The van der Waals surface area contributed by atoms with E-state index in [0.717, 1.165) is 24.4 Å². The first kappa shape index (κ1) is 16.3. The van der Waals surface area contributed by atoms with Crippen molar-refractivity contribution in [1.82, 2.24) is 24.8 Å². The summed E-state index contributed by atoms with van der Waals surface area (Å²) in [6.07, 6.45) is 5.78. The number of nitrogens with zero attached hydrogens (tertiary/aromatic N) is 3. The van der Waals surface area contributed by atoms with E-state index in [4.69, 9.17) is 4.74 Å². The third-order valence-corrected chi connectivity index (χ3v) is 4.43. The largest absolute Gasteiger partial charge is 0.484 e. The van der Waals surface area contributed by atoms with Crippen molar-refractivity contribution in [2.24, 2.45) is 0 Å². The van der Waals surface area contributed by atoms with Crippen LogP contribution in [0.15, 0.2) is 35.5 Å². The van der Waals surface area contributed by atoms with Crippen LogP contribution in [0.5, 0.6) is 5.75 Å². The average Bonchev–Trinajstić information content (AvgIpc) is 3.32. The van der Waals surface area contributed by atoms with E-state index in [1.54, 1.807) is 35.3 Å². The van der Waals surface area contributed by atoms with Crippen molar-refractivity contribution in [2.75, 3.05) is 13.2 Å². The van der Waals surface area contributed by atoms with E-state index in [9.17, 15) is 9.59 Å². The number of ether oxygens (including phenoxy) is 1. The molecular formula is C18H19N5O3. The van der Waals surface area contributed by atoms with Crippen LogP contribution in [0.2, 0.25) is 0 Å². The summed E-state index contributed by atoms with van der Waals surface area (Å²) < 4.78 is 7.25. The minimum Gasteiger partial charge on any atom is -0.484 e. The van der Waals surface area contributed by atoms with E-state index in [2.05, 4.69) is 20.3 Å². The molecule has 8 nitrogen and oxygen atoms in total. The van der Waals surface area contributed by atoms with Crippen molar-refractivity contribution < 1.29 is 9.53 Å². The van der Waals surface area contributed by atoms with Crippen LogP contribution >= 0.6 is 0 Å². The van der Waals surface area contributed by atoms with Crippen LogP contribution in [0.25, 0.3) is 10.9 Å². The fraction of sp³-hybridized carbons (Fsp3) is 0.333. The standard InChI is InChI=1S/C18H19N5O3/c24-17(20-6-5-12-9-19-11-21-12)10-26-13-3-4-15-14(8-13)18(25)23-7-1-2-16(23)22-15/h3-4,8-9,11H,1-2,5-7,10H2,(H,19,21)(H,20,24). The zero-order valence-corrected chi connectivity index (χ0v) is 14.2. The summed E-state index contributed by atoms with van der Waals surface area (Å²) >= 11 is 0. The monoisotopic (exact) mass is 353 g/mol. The van der Waals surface area contributed by atoms with E-state index < -0.39 is 0 Å². The quantitative estimate of drug-likeness (QED) is 0.683. The number of fused-ring (bicyclic) bond motifs is 2. The molecule has 0 atom stereocenters. The van der Waals surface area contributed by atoms with E-state index in [0.29, 0.717) is 36.2 Å². The smallest absolute Gasteiger partial charge is 0.261 e. The molecule has 0 unspecified atom stereocenters. The number of rotatable bonds is 6. The molecule has 1 aromatic carbocycles. The van der Waals surface area contributed by atoms with Gasteiger partial charge in [-0.05, 0) is 24.6 Å². The Morgan fingerprint density at radius 1 is 1.38 bits per heavy atom. The molecule has 134 valence electrons. The van der Waals surface area contributed by atoms with Gasteiger partial charge in [0.25, 0.3) is 11.5 Å². The third-order valence-electron chi connectivity index (χ3n) is 4.43. The SMILES string of the molecule is O=C(COc1ccc2nc3n(c(=O)c2c1)CCC3)NCCc1cnc[nH]1. The number of aromatic nitrogens is 4. The summed E-state index contributed by atoms with van der Waals surface area (Å²) in [6, 6.07) is 5.16. The van der Waals surface area contributed by atoms with Gasteiger partial charge in [0.2, 0.25) is 0 Å². The number of amides is 1. The number of aromatic amines is 1. The molecule has 26 heavy (non-hydrogen) atoms. The van der Waals surface area contributed by atoms with Crippen LogP contribution in [-0.4, -0.2) is 38.6 Å². The molecule has 0 saturated carbocycles. The van der Waals surface area contributed by atoms with Crippen molar-refractivity contribution in [1.29, 1.82) is 0 Å². The number of H-pyrrole nitrogens is 1. The van der Waals surface area contributed by atoms with E-state index in [1.807, 2.05) is 0 Å². The Balaban J connectivity index is 1.38. The Kier molecular flexibility index (Phi) is 4.39. The van der Waals surface area contributed by atoms with Gasteiger partial charge in [-0.1, -0.05) is 0 Å². The van der Waals surface area contributed by atoms with Crippen molar-refractivity contribution in [3.63, 3.8) is 0 Å². The first-order valence-corrected chi connectivity index (χ1v) is 8.61. The van der Waals surface area contributed by atoms with E-state index >= 15 is 0 Å². The predicted molar refractivity (Wildman–Crippen MR) is 95.1 cm³/mol. The Hall–Kier alpha value is -3.16. The Bertz CT molecular complexity index is 994. The molecule has 8 heteroatoms. The van der Waals surface area contributed by atoms with Gasteiger partial charge in [0, 0.05) is 37.8 Å². The lowest BCUT2D eigenvalue weighted by atomic mass is 10.2. The van der Waals surface area contributed by atoms with Crippen LogP contribution in [0.3, 0.4) is 0 Å². The fourth-order valence-electron chi connectivity index (χ4n) is 3.11. The lowest BCUT2D eigenvalue weighted by molar-refractivity contribution is -0.123. The molecule has 1 aliphatic heterocycles. The number of aryl methyl sites for hydroxylation is 1.